The summed E-state index contributed by atoms with van der Waals surface area (Å²) in [5.74, 6) is 0.174. The number of sulfonamides is 1. The Morgan fingerprint density at radius 2 is 1.77 bits per heavy atom. The molecule has 0 atom stereocenters. The summed E-state index contributed by atoms with van der Waals surface area (Å²) in [6.45, 7) is 1.93. The van der Waals surface area contributed by atoms with E-state index in [-0.39, 0.29) is 23.0 Å². The quantitative estimate of drug-likeness (QED) is 0.565. The van der Waals surface area contributed by atoms with E-state index in [1.807, 2.05) is 23.1 Å². The van der Waals surface area contributed by atoms with Gasteiger partial charge in [0.15, 0.2) is 0 Å². The molecule has 1 saturated heterocycles. The molecule has 4 rings (SSSR count). The Morgan fingerprint density at radius 3 is 2.47 bits per heavy atom. The molecule has 2 heterocycles. The Kier molecular flexibility index (Phi) is 6.08. The number of benzene rings is 2. The Bertz CT molecular complexity index is 1160. The number of aromatic nitrogens is 2. The van der Waals surface area contributed by atoms with E-state index in [0.29, 0.717) is 41.9 Å². The summed E-state index contributed by atoms with van der Waals surface area (Å²) in [7, 11) is -3.74. The molecule has 0 aliphatic carbocycles. The molecule has 0 saturated carbocycles. The van der Waals surface area contributed by atoms with E-state index in [2.05, 4.69) is 10.1 Å². The van der Waals surface area contributed by atoms with Gasteiger partial charge in [0.2, 0.25) is 21.7 Å². The maximum atomic E-state index is 13.3. The molecular weight excluding hydrogens is 454 g/mol. The molecule has 1 fully saturated rings. The third-order valence-corrected chi connectivity index (χ3v) is 7.32. The van der Waals surface area contributed by atoms with Crippen LogP contribution >= 0.6 is 23.2 Å². The van der Waals surface area contributed by atoms with E-state index in [0.717, 1.165) is 12.1 Å². The van der Waals surface area contributed by atoms with Gasteiger partial charge in [-0.05, 0) is 30.3 Å². The molecule has 11 heteroatoms. The summed E-state index contributed by atoms with van der Waals surface area (Å²) in [6, 6.07) is 10.6. The average Bonchev–Trinajstić information content (AvgIpc) is 3.19. The highest BCUT2D eigenvalue weighted by Gasteiger charge is 2.29. The second-order valence-electron chi connectivity index (χ2n) is 6.75. The van der Waals surface area contributed by atoms with E-state index in [1.54, 1.807) is 6.07 Å². The highest BCUT2D eigenvalue weighted by molar-refractivity contribution is 7.89. The molecule has 158 valence electrons. The summed E-state index contributed by atoms with van der Waals surface area (Å²) in [5.41, 5.74) is 0.683. The monoisotopic (exact) mass is 470 g/mol. The second kappa shape index (κ2) is 8.60. The van der Waals surface area contributed by atoms with Gasteiger partial charge in [0.1, 0.15) is 5.82 Å². The third kappa shape index (κ3) is 4.35. The molecule has 1 aromatic heterocycles. The predicted molar refractivity (Wildman–Crippen MR) is 110 cm³/mol. The van der Waals surface area contributed by atoms with Gasteiger partial charge < -0.3 is 4.52 Å². The van der Waals surface area contributed by atoms with Crippen molar-refractivity contribution in [3.8, 4) is 11.4 Å². The zero-order valence-electron chi connectivity index (χ0n) is 15.6. The van der Waals surface area contributed by atoms with Crippen LogP contribution in [0.2, 0.25) is 10.0 Å². The Hall–Kier alpha value is -2.04. The number of halogens is 3. The molecule has 0 unspecified atom stereocenters. The molecule has 0 amide bonds. The minimum atomic E-state index is -3.74. The second-order valence-corrected chi connectivity index (χ2v) is 9.50. The molecule has 1 aliphatic heterocycles. The van der Waals surface area contributed by atoms with Gasteiger partial charge in [-0.2, -0.15) is 9.29 Å². The molecule has 0 bridgehead atoms. The fourth-order valence-electron chi connectivity index (χ4n) is 3.18. The Morgan fingerprint density at radius 1 is 1.03 bits per heavy atom. The zero-order chi connectivity index (χ0) is 21.3. The van der Waals surface area contributed by atoms with Crippen LogP contribution in [0, 0.1) is 5.82 Å². The largest absolute Gasteiger partial charge is 0.338 e. The third-order valence-electron chi connectivity index (χ3n) is 4.80. The maximum Gasteiger partial charge on any atom is 0.243 e. The van der Waals surface area contributed by atoms with Crippen LogP contribution in [0.3, 0.4) is 0 Å². The van der Waals surface area contributed by atoms with Crippen LogP contribution < -0.4 is 0 Å². The van der Waals surface area contributed by atoms with Crippen molar-refractivity contribution >= 4 is 33.2 Å². The van der Waals surface area contributed by atoms with E-state index < -0.39 is 15.8 Å². The first-order valence-corrected chi connectivity index (χ1v) is 11.3. The van der Waals surface area contributed by atoms with Gasteiger partial charge in [-0.25, -0.2) is 12.8 Å². The molecule has 0 radical (unpaired) electrons. The molecule has 3 aromatic rings. The van der Waals surface area contributed by atoms with E-state index in [4.69, 9.17) is 27.7 Å². The van der Waals surface area contributed by atoms with Crippen molar-refractivity contribution in [2.45, 2.75) is 11.4 Å². The van der Waals surface area contributed by atoms with Crippen LogP contribution in [0.1, 0.15) is 5.89 Å². The molecular formula is C19H17Cl2FN4O3S. The number of nitrogens with zero attached hydrogens (tertiary/aromatic N) is 4. The average molecular weight is 471 g/mol. The molecule has 0 spiro atoms. The van der Waals surface area contributed by atoms with E-state index in [9.17, 15) is 12.8 Å². The predicted octanol–water partition coefficient (Wildman–Crippen LogP) is 3.69. The van der Waals surface area contributed by atoms with Crippen molar-refractivity contribution in [1.29, 1.82) is 0 Å². The van der Waals surface area contributed by atoms with Crippen molar-refractivity contribution in [3.05, 3.63) is 64.2 Å². The first-order valence-electron chi connectivity index (χ1n) is 9.09. The minimum absolute atomic E-state index is 0.0244. The van der Waals surface area contributed by atoms with Gasteiger partial charge >= 0.3 is 0 Å². The van der Waals surface area contributed by atoms with Crippen molar-refractivity contribution in [3.63, 3.8) is 0 Å². The van der Waals surface area contributed by atoms with Gasteiger partial charge in [-0.1, -0.05) is 40.5 Å². The van der Waals surface area contributed by atoms with Crippen LogP contribution in [0.4, 0.5) is 4.39 Å². The highest BCUT2D eigenvalue weighted by atomic mass is 35.5. The molecule has 1 aliphatic rings. The lowest BCUT2D eigenvalue weighted by Gasteiger charge is -2.33. The fourth-order valence-corrected chi connectivity index (χ4v) is 5.09. The van der Waals surface area contributed by atoms with Crippen LogP contribution in [-0.4, -0.2) is 53.9 Å². The van der Waals surface area contributed by atoms with E-state index >= 15 is 0 Å². The smallest absolute Gasteiger partial charge is 0.243 e. The molecule has 2 aromatic carbocycles. The van der Waals surface area contributed by atoms with Gasteiger partial charge in [0, 0.05) is 31.7 Å². The van der Waals surface area contributed by atoms with Crippen LogP contribution in [-0.2, 0) is 16.6 Å². The lowest BCUT2D eigenvalue weighted by atomic mass is 10.2. The normalized spacial score (nSPS) is 16.1. The summed E-state index contributed by atoms with van der Waals surface area (Å²) in [5, 5.41) is 4.29. The Labute approximate surface area is 183 Å². The number of piperazine rings is 1. The van der Waals surface area contributed by atoms with Gasteiger partial charge in [0.25, 0.3) is 0 Å². The Balaban J connectivity index is 1.39. The van der Waals surface area contributed by atoms with Crippen molar-refractivity contribution in [2.24, 2.45) is 0 Å². The topological polar surface area (TPSA) is 79.5 Å². The fraction of sp³-hybridized carbons (Fsp3) is 0.263. The maximum absolute atomic E-state index is 13.3. The first kappa shape index (κ1) is 21.2. The lowest BCUT2D eigenvalue weighted by Crippen LogP contribution is -2.48. The van der Waals surface area contributed by atoms with Crippen molar-refractivity contribution in [1.82, 2.24) is 19.3 Å². The van der Waals surface area contributed by atoms with Gasteiger partial charge in [-0.15, -0.1) is 0 Å². The van der Waals surface area contributed by atoms with Crippen molar-refractivity contribution in [2.75, 3.05) is 26.2 Å². The standard InChI is InChI=1S/C19H17Cl2FN4O3S/c20-15-4-2-1-3-14(15)19-23-18(29-24-19)12-25-7-9-26(10-8-25)30(27,28)13-5-6-17(22)16(21)11-13/h1-6,11H,7-10,12H2. The van der Waals surface area contributed by atoms with Crippen LogP contribution in [0.25, 0.3) is 11.4 Å². The first-order chi connectivity index (χ1) is 14.3. The molecule has 0 N–H and O–H groups in total. The molecule has 30 heavy (non-hydrogen) atoms. The molecule has 7 nitrogen and oxygen atoms in total. The number of hydrogen-bond acceptors (Lipinski definition) is 6. The summed E-state index contributed by atoms with van der Waals surface area (Å²) < 4.78 is 45.6. The lowest BCUT2D eigenvalue weighted by molar-refractivity contribution is 0.163. The van der Waals surface area contributed by atoms with E-state index in [1.165, 1.54) is 10.4 Å². The van der Waals surface area contributed by atoms with Crippen molar-refractivity contribution < 1.29 is 17.3 Å². The van der Waals surface area contributed by atoms with Gasteiger partial charge in [-0.3, -0.25) is 4.90 Å². The zero-order valence-corrected chi connectivity index (χ0v) is 18.0. The SMILES string of the molecule is O=S(=O)(c1ccc(F)c(Cl)c1)N1CCN(Cc2nc(-c3ccccc3Cl)no2)CC1. The number of hydrogen-bond donors (Lipinski definition) is 0. The van der Waals surface area contributed by atoms with Crippen LogP contribution in [0.15, 0.2) is 51.9 Å². The summed E-state index contributed by atoms with van der Waals surface area (Å²) in [6.07, 6.45) is 0. The summed E-state index contributed by atoms with van der Waals surface area (Å²) >= 11 is 11.9. The number of rotatable bonds is 5. The summed E-state index contributed by atoms with van der Waals surface area (Å²) in [4.78, 5) is 6.38. The van der Waals surface area contributed by atoms with Gasteiger partial charge in [0.05, 0.1) is 21.5 Å². The highest BCUT2D eigenvalue weighted by Crippen LogP contribution is 2.26. The van der Waals surface area contributed by atoms with Crippen LogP contribution in [0.5, 0.6) is 0 Å². The minimum Gasteiger partial charge on any atom is -0.338 e.